The summed E-state index contributed by atoms with van der Waals surface area (Å²) in [6, 6.07) is 23.9. The lowest BCUT2D eigenvalue weighted by Crippen LogP contribution is -2.28. The van der Waals surface area contributed by atoms with Gasteiger partial charge in [-0.3, -0.25) is 9.52 Å². The molecule has 3 rings (SSSR count). The smallest absolute Gasteiger partial charge is 0.261 e. The molecule has 0 aromatic heterocycles. The number of para-hydroxylation sites is 1. The molecule has 0 spiro atoms. The highest BCUT2D eigenvalue weighted by atomic mass is 32.2. The summed E-state index contributed by atoms with van der Waals surface area (Å²) in [5.41, 5.74) is 1.46. The van der Waals surface area contributed by atoms with Gasteiger partial charge in [0.1, 0.15) is 0 Å². The van der Waals surface area contributed by atoms with E-state index in [1.807, 2.05) is 37.3 Å². The van der Waals surface area contributed by atoms with Crippen LogP contribution in [0.25, 0.3) is 0 Å². The Morgan fingerprint density at radius 3 is 2.04 bits per heavy atom. The fourth-order valence-corrected chi connectivity index (χ4v) is 3.77. The van der Waals surface area contributed by atoms with Crippen molar-refractivity contribution in [2.45, 2.75) is 17.9 Å². The van der Waals surface area contributed by atoms with Gasteiger partial charge in [0.05, 0.1) is 22.2 Å². The van der Waals surface area contributed by atoms with E-state index in [1.165, 1.54) is 12.1 Å². The van der Waals surface area contributed by atoms with E-state index in [0.29, 0.717) is 0 Å². The summed E-state index contributed by atoms with van der Waals surface area (Å²) in [4.78, 5) is 12.9. The second-order valence-corrected chi connectivity index (χ2v) is 7.75. The highest BCUT2D eigenvalue weighted by Crippen LogP contribution is 2.21. The molecule has 0 aliphatic rings. The van der Waals surface area contributed by atoms with Crippen molar-refractivity contribution in [3.05, 3.63) is 96.1 Å². The lowest BCUT2D eigenvalue weighted by molar-refractivity contribution is 0.0941. The molecule has 6 heteroatoms. The van der Waals surface area contributed by atoms with Gasteiger partial charge in [0.25, 0.3) is 15.9 Å². The largest absolute Gasteiger partial charge is 0.345 e. The SMILES string of the molecule is C[C@H](NC(=O)c1ccccc1NS(=O)(=O)c1ccccc1)c1ccccc1. The molecule has 1 amide bonds. The Kier molecular flexibility index (Phi) is 5.57. The Morgan fingerprint density at radius 1 is 0.815 bits per heavy atom. The van der Waals surface area contributed by atoms with Crippen molar-refractivity contribution in [3.63, 3.8) is 0 Å². The van der Waals surface area contributed by atoms with Crippen molar-refractivity contribution in [3.8, 4) is 0 Å². The van der Waals surface area contributed by atoms with Crippen LogP contribution in [0.5, 0.6) is 0 Å². The molecule has 2 N–H and O–H groups in total. The van der Waals surface area contributed by atoms with Gasteiger partial charge in [-0.1, -0.05) is 60.7 Å². The maximum absolute atomic E-state index is 12.7. The van der Waals surface area contributed by atoms with Crippen LogP contribution >= 0.6 is 0 Å². The zero-order valence-corrected chi connectivity index (χ0v) is 15.6. The summed E-state index contributed by atoms with van der Waals surface area (Å²) in [5, 5.41) is 2.90. The normalized spacial score (nSPS) is 12.2. The van der Waals surface area contributed by atoms with Crippen LogP contribution in [-0.2, 0) is 10.0 Å². The molecule has 0 bridgehead atoms. The number of carbonyl (C=O) groups excluding carboxylic acids is 1. The van der Waals surface area contributed by atoms with Crippen LogP contribution in [0.1, 0.15) is 28.9 Å². The number of nitrogens with one attached hydrogen (secondary N) is 2. The number of hydrogen-bond acceptors (Lipinski definition) is 3. The Bertz CT molecular complexity index is 1020. The maximum Gasteiger partial charge on any atom is 0.261 e. The predicted molar refractivity (Wildman–Crippen MR) is 106 cm³/mol. The van der Waals surface area contributed by atoms with Crippen LogP contribution in [0, 0.1) is 0 Å². The molecular formula is C21H20N2O3S. The second kappa shape index (κ2) is 8.05. The van der Waals surface area contributed by atoms with Crippen molar-refractivity contribution in [1.82, 2.24) is 5.32 Å². The first kappa shape index (κ1) is 18.7. The van der Waals surface area contributed by atoms with E-state index in [0.717, 1.165) is 5.56 Å². The average Bonchev–Trinajstić information content (AvgIpc) is 2.69. The number of carbonyl (C=O) groups is 1. The number of hydrogen-bond donors (Lipinski definition) is 2. The molecule has 0 unspecified atom stereocenters. The van der Waals surface area contributed by atoms with Gasteiger partial charge in [0.15, 0.2) is 0 Å². The fraction of sp³-hybridized carbons (Fsp3) is 0.0952. The molecule has 3 aromatic carbocycles. The summed E-state index contributed by atoms with van der Waals surface area (Å²) in [6.07, 6.45) is 0. The van der Waals surface area contributed by atoms with Crippen LogP contribution < -0.4 is 10.0 Å². The number of rotatable bonds is 6. The van der Waals surface area contributed by atoms with E-state index in [2.05, 4.69) is 10.0 Å². The Labute approximate surface area is 159 Å². The van der Waals surface area contributed by atoms with Crippen molar-refractivity contribution in [2.75, 3.05) is 4.72 Å². The van der Waals surface area contributed by atoms with Crippen molar-refractivity contribution in [1.29, 1.82) is 0 Å². The highest BCUT2D eigenvalue weighted by Gasteiger charge is 2.19. The predicted octanol–water partition coefficient (Wildman–Crippen LogP) is 3.98. The summed E-state index contributed by atoms with van der Waals surface area (Å²) in [7, 11) is -3.78. The minimum absolute atomic E-state index is 0.137. The molecule has 0 aliphatic heterocycles. The van der Waals surface area contributed by atoms with Crippen LogP contribution in [-0.4, -0.2) is 14.3 Å². The van der Waals surface area contributed by atoms with E-state index >= 15 is 0 Å². The van der Waals surface area contributed by atoms with Crippen molar-refractivity contribution < 1.29 is 13.2 Å². The third-order valence-corrected chi connectivity index (χ3v) is 5.50. The van der Waals surface area contributed by atoms with E-state index in [1.54, 1.807) is 42.5 Å². The molecule has 5 nitrogen and oxygen atoms in total. The molecule has 138 valence electrons. The van der Waals surface area contributed by atoms with Crippen LogP contribution in [0.3, 0.4) is 0 Å². The third-order valence-electron chi connectivity index (χ3n) is 4.12. The summed E-state index contributed by atoms with van der Waals surface area (Å²) in [6.45, 7) is 1.88. The molecule has 0 aliphatic carbocycles. The fourth-order valence-electron chi connectivity index (χ4n) is 2.67. The monoisotopic (exact) mass is 380 g/mol. The topological polar surface area (TPSA) is 75.3 Å². The van der Waals surface area contributed by atoms with Crippen LogP contribution in [0.4, 0.5) is 5.69 Å². The average molecular weight is 380 g/mol. The summed E-state index contributed by atoms with van der Waals surface area (Å²) in [5.74, 6) is -0.349. The van der Waals surface area contributed by atoms with Gasteiger partial charge in [-0.05, 0) is 36.8 Å². The van der Waals surface area contributed by atoms with E-state index < -0.39 is 10.0 Å². The molecule has 0 fully saturated rings. The van der Waals surface area contributed by atoms with E-state index in [9.17, 15) is 13.2 Å². The lowest BCUT2D eigenvalue weighted by atomic mass is 10.1. The minimum atomic E-state index is -3.78. The van der Waals surface area contributed by atoms with Gasteiger partial charge in [0, 0.05) is 0 Å². The van der Waals surface area contributed by atoms with E-state index in [-0.39, 0.29) is 28.1 Å². The quantitative estimate of drug-likeness (QED) is 0.679. The Hall–Kier alpha value is -3.12. The van der Waals surface area contributed by atoms with Crippen LogP contribution in [0.15, 0.2) is 89.8 Å². The highest BCUT2D eigenvalue weighted by molar-refractivity contribution is 7.92. The number of amides is 1. The minimum Gasteiger partial charge on any atom is -0.345 e. The van der Waals surface area contributed by atoms with Gasteiger partial charge in [-0.15, -0.1) is 0 Å². The number of anilines is 1. The maximum atomic E-state index is 12.7. The zero-order valence-electron chi connectivity index (χ0n) is 14.8. The molecular weight excluding hydrogens is 360 g/mol. The summed E-state index contributed by atoms with van der Waals surface area (Å²) >= 11 is 0. The van der Waals surface area contributed by atoms with Gasteiger partial charge >= 0.3 is 0 Å². The van der Waals surface area contributed by atoms with Gasteiger partial charge in [0.2, 0.25) is 0 Å². The Balaban J connectivity index is 1.83. The summed E-state index contributed by atoms with van der Waals surface area (Å²) < 4.78 is 27.7. The van der Waals surface area contributed by atoms with Gasteiger partial charge < -0.3 is 5.32 Å². The molecule has 1 atom stereocenters. The molecule has 0 saturated heterocycles. The Morgan fingerprint density at radius 2 is 1.37 bits per heavy atom. The standard InChI is InChI=1S/C21H20N2O3S/c1-16(17-10-4-2-5-11-17)22-21(24)19-14-8-9-15-20(19)23-27(25,26)18-12-6-3-7-13-18/h2-16,23H,1H3,(H,22,24)/t16-/m0/s1. The first-order valence-corrected chi connectivity index (χ1v) is 9.98. The molecule has 3 aromatic rings. The molecule has 0 radical (unpaired) electrons. The molecule has 0 saturated carbocycles. The number of sulfonamides is 1. The molecule has 27 heavy (non-hydrogen) atoms. The van der Waals surface area contributed by atoms with Gasteiger partial charge in [-0.25, -0.2) is 8.42 Å². The van der Waals surface area contributed by atoms with Crippen LogP contribution in [0.2, 0.25) is 0 Å². The lowest BCUT2D eigenvalue weighted by Gasteiger charge is -2.17. The zero-order chi connectivity index (χ0) is 19.3. The van der Waals surface area contributed by atoms with E-state index in [4.69, 9.17) is 0 Å². The first-order chi connectivity index (χ1) is 13.0. The second-order valence-electron chi connectivity index (χ2n) is 6.07. The van der Waals surface area contributed by atoms with Crippen molar-refractivity contribution in [2.24, 2.45) is 0 Å². The number of benzene rings is 3. The van der Waals surface area contributed by atoms with Gasteiger partial charge in [-0.2, -0.15) is 0 Å². The molecule has 0 heterocycles. The first-order valence-electron chi connectivity index (χ1n) is 8.50. The van der Waals surface area contributed by atoms with Crippen molar-refractivity contribution >= 4 is 21.6 Å². The third kappa shape index (κ3) is 4.54.